The van der Waals surface area contributed by atoms with Gasteiger partial charge in [-0.05, 0) is 48.9 Å². The molecule has 1 aromatic heterocycles. The number of halogens is 1. The lowest BCUT2D eigenvalue weighted by Crippen LogP contribution is -2.13. The van der Waals surface area contributed by atoms with Crippen LogP contribution in [0.15, 0.2) is 64.5 Å². The van der Waals surface area contributed by atoms with Gasteiger partial charge in [0.05, 0.1) is 27.8 Å². The van der Waals surface area contributed by atoms with Gasteiger partial charge in [-0.25, -0.2) is 13.4 Å². The summed E-state index contributed by atoms with van der Waals surface area (Å²) < 4.78 is 27.7. The molecule has 3 aromatic rings. The smallest absolute Gasteiger partial charge is 0.261 e. The fourth-order valence-corrected chi connectivity index (χ4v) is 4.45. The topological polar surface area (TPSA) is 97.4 Å². The average Bonchev–Trinajstić information content (AvgIpc) is 3.02. The molecule has 4 rings (SSSR count). The lowest BCUT2D eigenvalue weighted by atomic mass is 10.1. The third-order valence-electron chi connectivity index (χ3n) is 4.44. The predicted molar refractivity (Wildman–Crippen MR) is 111 cm³/mol. The van der Waals surface area contributed by atoms with E-state index in [9.17, 15) is 8.42 Å². The van der Waals surface area contributed by atoms with E-state index in [0.29, 0.717) is 40.0 Å². The van der Waals surface area contributed by atoms with Crippen LogP contribution in [0.2, 0.25) is 5.02 Å². The van der Waals surface area contributed by atoms with E-state index in [4.69, 9.17) is 17.3 Å². The molecule has 0 amide bonds. The normalized spacial score (nSPS) is 13.1. The van der Waals surface area contributed by atoms with Crippen LogP contribution in [0.3, 0.4) is 0 Å². The average molecular weight is 413 g/mol. The van der Waals surface area contributed by atoms with E-state index >= 15 is 0 Å². The summed E-state index contributed by atoms with van der Waals surface area (Å²) in [5.41, 5.74) is 10.1. The molecule has 28 heavy (non-hydrogen) atoms. The van der Waals surface area contributed by atoms with Crippen LogP contribution >= 0.6 is 11.6 Å². The Hall–Kier alpha value is -2.90. The third-order valence-corrected chi connectivity index (χ3v) is 6.13. The molecule has 2 heterocycles. The van der Waals surface area contributed by atoms with E-state index in [2.05, 4.69) is 14.7 Å². The van der Waals surface area contributed by atoms with Crippen LogP contribution in [0, 0.1) is 6.92 Å². The number of rotatable bonds is 4. The second kappa shape index (κ2) is 6.92. The summed E-state index contributed by atoms with van der Waals surface area (Å²) in [4.78, 5) is 8.92. The molecule has 6 nitrogen and oxygen atoms in total. The fourth-order valence-electron chi connectivity index (χ4n) is 3.02. The maximum atomic E-state index is 12.6. The Balaban J connectivity index is 1.64. The van der Waals surface area contributed by atoms with Gasteiger partial charge >= 0.3 is 0 Å². The number of nitrogens with one attached hydrogen (secondary N) is 1. The van der Waals surface area contributed by atoms with Crippen molar-refractivity contribution in [3.63, 3.8) is 0 Å². The molecule has 0 atom stereocenters. The Labute approximate surface area is 168 Å². The van der Waals surface area contributed by atoms with E-state index in [1.807, 2.05) is 25.1 Å². The molecule has 0 aliphatic carbocycles. The summed E-state index contributed by atoms with van der Waals surface area (Å²) in [5.74, 6) is 0.413. The first kappa shape index (κ1) is 18.5. The number of fused-ring (bicyclic) bond motifs is 1. The van der Waals surface area contributed by atoms with Gasteiger partial charge < -0.3 is 5.73 Å². The first-order valence-corrected chi connectivity index (χ1v) is 10.4. The van der Waals surface area contributed by atoms with Crippen LogP contribution < -0.4 is 10.5 Å². The van der Waals surface area contributed by atoms with Crippen LogP contribution in [0.25, 0.3) is 11.3 Å². The van der Waals surface area contributed by atoms with Crippen molar-refractivity contribution in [3.05, 3.63) is 76.4 Å². The zero-order chi connectivity index (χ0) is 19.9. The maximum absolute atomic E-state index is 12.6. The molecule has 3 N–H and O–H groups in total. The Kier molecular flexibility index (Phi) is 4.56. The fraction of sp³-hybridized carbons (Fsp3) is 0.100. The molecule has 2 aromatic carbocycles. The number of aryl methyl sites for hydroxylation is 1. The van der Waals surface area contributed by atoms with E-state index in [-0.39, 0.29) is 4.90 Å². The first-order valence-electron chi connectivity index (χ1n) is 8.53. The summed E-state index contributed by atoms with van der Waals surface area (Å²) in [6.45, 7) is 2.37. The number of benzene rings is 2. The highest BCUT2D eigenvalue weighted by Crippen LogP contribution is 2.31. The third kappa shape index (κ3) is 3.46. The molecule has 0 spiro atoms. The number of hydrogen-bond donors (Lipinski definition) is 2. The number of amidine groups is 1. The number of sulfonamides is 1. The molecule has 0 radical (unpaired) electrons. The predicted octanol–water partition coefficient (Wildman–Crippen LogP) is 3.73. The van der Waals surface area contributed by atoms with Crippen molar-refractivity contribution in [2.75, 3.05) is 4.72 Å². The molecule has 0 fully saturated rings. The highest BCUT2D eigenvalue weighted by Gasteiger charge is 2.18. The van der Waals surface area contributed by atoms with Gasteiger partial charge in [0, 0.05) is 11.1 Å². The minimum Gasteiger partial charge on any atom is -0.382 e. The van der Waals surface area contributed by atoms with Crippen LogP contribution in [-0.4, -0.2) is 19.2 Å². The Morgan fingerprint density at radius 2 is 1.93 bits per heavy atom. The molecule has 8 heteroatoms. The minimum atomic E-state index is -3.70. The SMILES string of the molecule is Cc1cccc(S(=O)(=O)Nc2ccc(-c3ccc4c(n3)C(N)=NC4)c(Cl)c2)c1. The Morgan fingerprint density at radius 1 is 1.11 bits per heavy atom. The number of pyridine rings is 1. The summed E-state index contributed by atoms with van der Waals surface area (Å²) in [6.07, 6.45) is 0. The van der Waals surface area contributed by atoms with Gasteiger partial charge in [0.1, 0.15) is 11.5 Å². The van der Waals surface area contributed by atoms with Gasteiger partial charge in [0.25, 0.3) is 10.0 Å². The van der Waals surface area contributed by atoms with Gasteiger partial charge in [-0.15, -0.1) is 0 Å². The molecule has 1 aliphatic heterocycles. The Morgan fingerprint density at radius 3 is 2.68 bits per heavy atom. The van der Waals surface area contributed by atoms with E-state index in [1.165, 1.54) is 0 Å². The second-order valence-electron chi connectivity index (χ2n) is 6.52. The zero-order valence-electron chi connectivity index (χ0n) is 15.0. The zero-order valence-corrected chi connectivity index (χ0v) is 16.6. The van der Waals surface area contributed by atoms with Crippen LogP contribution in [0.4, 0.5) is 5.69 Å². The lowest BCUT2D eigenvalue weighted by molar-refractivity contribution is 0.601. The number of aliphatic imine (C=N–C) groups is 1. The van der Waals surface area contributed by atoms with Crippen molar-refractivity contribution in [3.8, 4) is 11.3 Å². The van der Waals surface area contributed by atoms with E-state index in [1.54, 1.807) is 36.4 Å². The van der Waals surface area contributed by atoms with Crippen molar-refractivity contribution < 1.29 is 8.42 Å². The van der Waals surface area contributed by atoms with E-state index in [0.717, 1.165) is 11.1 Å². The lowest BCUT2D eigenvalue weighted by Gasteiger charge is -2.11. The van der Waals surface area contributed by atoms with Crippen molar-refractivity contribution in [2.45, 2.75) is 18.4 Å². The number of aromatic nitrogens is 1. The summed E-state index contributed by atoms with van der Waals surface area (Å²) in [6, 6.07) is 15.4. The molecule has 1 aliphatic rings. The number of nitrogens with two attached hydrogens (primary N) is 1. The monoisotopic (exact) mass is 412 g/mol. The van der Waals surface area contributed by atoms with Crippen LogP contribution in [0.1, 0.15) is 16.8 Å². The molecule has 0 saturated carbocycles. The molecular formula is C20H17ClN4O2S. The Bertz CT molecular complexity index is 1220. The summed E-state index contributed by atoms with van der Waals surface area (Å²) in [5, 5.41) is 0.380. The van der Waals surface area contributed by atoms with Crippen molar-refractivity contribution in [2.24, 2.45) is 10.7 Å². The van der Waals surface area contributed by atoms with Crippen LogP contribution in [-0.2, 0) is 16.6 Å². The van der Waals surface area contributed by atoms with Gasteiger partial charge in [0.2, 0.25) is 0 Å². The molecular weight excluding hydrogens is 396 g/mol. The molecule has 142 valence electrons. The van der Waals surface area contributed by atoms with Crippen molar-refractivity contribution in [1.82, 2.24) is 4.98 Å². The molecule has 0 unspecified atom stereocenters. The van der Waals surface area contributed by atoms with Gasteiger partial charge in [-0.2, -0.15) is 0 Å². The van der Waals surface area contributed by atoms with Gasteiger partial charge in [-0.1, -0.05) is 29.8 Å². The number of nitrogens with zero attached hydrogens (tertiary/aromatic N) is 2. The maximum Gasteiger partial charge on any atom is 0.261 e. The van der Waals surface area contributed by atoms with Crippen molar-refractivity contribution in [1.29, 1.82) is 0 Å². The molecule has 0 saturated heterocycles. The van der Waals surface area contributed by atoms with E-state index < -0.39 is 10.0 Å². The van der Waals surface area contributed by atoms with Crippen molar-refractivity contribution >= 4 is 33.1 Å². The first-order chi connectivity index (χ1) is 13.3. The number of anilines is 1. The highest BCUT2D eigenvalue weighted by molar-refractivity contribution is 7.92. The minimum absolute atomic E-state index is 0.197. The quantitative estimate of drug-likeness (QED) is 0.682. The standard InChI is InChI=1S/C20H17ClN4O2S/c1-12-3-2-4-15(9-12)28(26,27)25-14-6-7-16(17(21)10-14)18-8-5-13-11-23-20(22)19(13)24-18/h2-10,25H,11H2,1H3,(H2,22,23). The summed E-state index contributed by atoms with van der Waals surface area (Å²) in [7, 11) is -3.70. The second-order valence-corrected chi connectivity index (χ2v) is 8.61. The van der Waals surface area contributed by atoms with Gasteiger partial charge in [0.15, 0.2) is 0 Å². The summed E-state index contributed by atoms with van der Waals surface area (Å²) >= 11 is 6.42. The van der Waals surface area contributed by atoms with Gasteiger partial charge in [-0.3, -0.25) is 9.71 Å². The number of hydrogen-bond acceptors (Lipinski definition) is 5. The highest BCUT2D eigenvalue weighted by atomic mass is 35.5. The molecule has 0 bridgehead atoms. The largest absolute Gasteiger partial charge is 0.382 e. The van der Waals surface area contributed by atoms with Crippen LogP contribution in [0.5, 0.6) is 0 Å².